The zero-order valence-corrected chi connectivity index (χ0v) is 17.3. The van der Waals surface area contributed by atoms with Gasteiger partial charge in [0, 0.05) is 26.1 Å². The standard InChI is InChI=1S/C21H26N2O2.C2H2O4/c22-21(20(24)25-16-11-18-7-3-1-4-8-18)12-14-23(15-13-21)17-19-9-5-2-6-10-19;3-1(4)2(5)6/h1-10H,11-17,22H2;(H,3,4)(H,5,6). The van der Waals surface area contributed by atoms with Crippen molar-refractivity contribution in [2.24, 2.45) is 5.73 Å². The second-order valence-corrected chi connectivity index (χ2v) is 7.40. The van der Waals surface area contributed by atoms with Crippen LogP contribution in [0.5, 0.6) is 0 Å². The molecular formula is C23H28N2O6. The fourth-order valence-electron chi connectivity index (χ4n) is 3.21. The zero-order valence-electron chi connectivity index (χ0n) is 17.3. The summed E-state index contributed by atoms with van der Waals surface area (Å²) in [6, 6.07) is 20.4. The van der Waals surface area contributed by atoms with Crippen molar-refractivity contribution >= 4 is 17.9 Å². The molecule has 166 valence electrons. The van der Waals surface area contributed by atoms with Gasteiger partial charge in [-0.15, -0.1) is 0 Å². The van der Waals surface area contributed by atoms with E-state index in [0.29, 0.717) is 19.4 Å². The quantitative estimate of drug-likeness (QED) is 0.470. The van der Waals surface area contributed by atoms with Gasteiger partial charge in [-0.05, 0) is 24.0 Å². The van der Waals surface area contributed by atoms with Gasteiger partial charge in [0.05, 0.1) is 6.61 Å². The van der Waals surface area contributed by atoms with Crippen molar-refractivity contribution < 1.29 is 29.3 Å². The molecule has 1 aliphatic rings. The molecule has 0 radical (unpaired) electrons. The largest absolute Gasteiger partial charge is 0.473 e. The van der Waals surface area contributed by atoms with E-state index in [9.17, 15) is 4.79 Å². The number of rotatable bonds is 6. The maximum atomic E-state index is 12.4. The topological polar surface area (TPSA) is 130 Å². The number of nitrogens with two attached hydrogens (primary N) is 1. The Balaban J connectivity index is 0.000000501. The second-order valence-electron chi connectivity index (χ2n) is 7.40. The molecular weight excluding hydrogens is 400 g/mol. The first-order valence-electron chi connectivity index (χ1n) is 10.0. The number of carbonyl (C=O) groups is 3. The van der Waals surface area contributed by atoms with Gasteiger partial charge >= 0.3 is 17.9 Å². The van der Waals surface area contributed by atoms with Gasteiger partial charge in [-0.25, -0.2) is 9.59 Å². The Morgan fingerprint density at radius 1 is 0.871 bits per heavy atom. The van der Waals surface area contributed by atoms with E-state index in [0.717, 1.165) is 26.1 Å². The lowest BCUT2D eigenvalue weighted by atomic mass is 9.88. The van der Waals surface area contributed by atoms with Crippen molar-refractivity contribution in [2.75, 3.05) is 19.7 Å². The van der Waals surface area contributed by atoms with Crippen molar-refractivity contribution in [2.45, 2.75) is 31.3 Å². The molecule has 4 N–H and O–H groups in total. The van der Waals surface area contributed by atoms with Crippen molar-refractivity contribution in [1.29, 1.82) is 0 Å². The van der Waals surface area contributed by atoms with E-state index in [1.54, 1.807) is 0 Å². The average molecular weight is 428 g/mol. The van der Waals surface area contributed by atoms with Gasteiger partial charge in [-0.1, -0.05) is 60.7 Å². The van der Waals surface area contributed by atoms with Crippen LogP contribution in [0.1, 0.15) is 24.0 Å². The number of piperidine rings is 1. The fraction of sp³-hybridized carbons (Fsp3) is 0.348. The molecule has 0 atom stereocenters. The summed E-state index contributed by atoms with van der Waals surface area (Å²) in [6.45, 7) is 2.92. The molecule has 0 aliphatic carbocycles. The lowest BCUT2D eigenvalue weighted by Crippen LogP contribution is -2.56. The summed E-state index contributed by atoms with van der Waals surface area (Å²) < 4.78 is 5.46. The normalized spacial score (nSPS) is 15.3. The molecule has 0 aromatic heterocycles. The molecule has 1 aliphatic heterocycles. The van der Waals surface area contributed by atoms with Gasteiger partial charge in [0.1, 0.15) is 5.54 Å². The monoisotopic (exact) mass is 428 g/mol. The summed E-state index contributed by atoms with van der Waals surface area (Å²) >= 11 is 0. The SMILES string of the molecule is NC1(C(=O)OCCc2ccccc2)CCN(Cc2ccccc2)CC1.O=C(O)C(=O)O. The number of ether oxygens (including phenoxy) is 1. The van der Waals surface area contributed by atoms with E-state index in [2.05, 4.69) is 29.2 Å². The number of hydrogen-bond donors (Lipinski definition) is 3. The number of hydrogen-bond acceptors (Lipinski definition) is 6. The van der Waals surface area contributed by atoms with Crippen LogP contribution in [0.3, 0.4) is 0 Å². The Labute approximate surface area is 181 Å². The molecule has 0 unspecified atom stereocenters. The highest BCUT2D eigenvalue weighted by atomic mass is 16.5. The maximum Gasteiger partial charge on any atom is 0.414 e. The molecule has 3 rings (SSSR count). The van der Waals surface area contributed by atoms with Gasteiger partial charge in [-0.3, -0.25) is 9.69 Å². The van der Waals surface area contributed by atoms with Crippen LogP contribution in [-0.4, -0.2) is 58.3 Å². The maximum absolute atomic E-state index is 12.4. The lowest BCUT2D eigenvalue weighted by Gasteiger charge is -2.37. The van der Waals surface area contributed by atoms with Crippen molar-refractivity contribution in [3.05, 3.63) is 71.8 Å². The van der Waals surface area contributed by atoms with E-state index >= 15 is 0 Å². The first-order valence-corrected chi connectivity index (χ1v) is 10.0. The number of nitrogens with zero attached hydrogens (tertiary/aromatic N) is 1. The van der Waals surface area contributed by atoms with E-state index < -0.39 is 17.5 Å². The molecule has 0 saturated carbocycles. The Morgan fingerprint density at radius 2 is 1.35 bits per heavy atom. The highest BCUT2D eigenvalue weighted by Gasteiger charge is 2.39. The average Bonchev–Trinajstić information content (AvgIpc) is 2.77. The van der Waals surface area contributed by atoms with Gasteiger partial charge in [0.15, 0.2) is 0 Å². The number of carbonyl (C=O) groups excluding carboxylic acids is 1. The van der Waals surface area contributed by atoms with Crippen molar-refractivity contribution in [3.63, 3.8) is 0 Å². The predicted octanol–water partition coefficient (Wildman–Crippen LogP) is 1.92. The second kappa shape index (κ2) is 11.8. The minimum atomic E-state index is -1.82. The highest BCUT2D eigenvalue weighted by Crippen LogP contribution is 2.22. The van der Waals surface area contributed by atoms with Crippen LogP contribution in [0.4, 0.5) is 0 Å². The van der Waals surface area contributed by atoms with Crippen LogP contribution in [0.2, 0.25) is 0 Å². The fourth-order valence-corrected chi connectivity index (χ4v) is 3.21. The summed E-state index contributed by atoms with van der Waals surface area (Å²) in [5, 5.41) is 14.8. The molecule has 0 bridgehead atoms. The van der Waals surface area contributed by atoms with Gasteiger partial charge < -0.3 is 20.7 Å². The number of carboxylic acids is 2. The molecule has 1 heterocycles. The zero-order chi connectivity index (χ0) is 22.7. The first-order chi connectivity index (χ1) is 14.8. The molecule has 8 heteroatoms. The van der Waals surface area contributed by atoms with Crippen LogP contribution < -0.4 is 5.73 Å². The molecule has 31 heavy (non-hydrogen) atoms. The third kappa shape index (κ3) is 8.19. The minimum Gasteiger partial charge on any atom is -0.473 e. The van der Waals surface area contributed by atoms with Gasteiger partial charge in [0.2, 0.25) is 0 Å². The number of likely N-dealkylation sites (tertiary alicyclic amines) is 1. The lowest BCUT2D eigenvalue weighted by molar-refractivity contribution is -0.159. The summed E-state index contributed by atoms with van der Waals surface area (Å²) in [5.74, 6) is -3.91. The third-order valence-electron chi connectivity index (χ3n) is 5.05. The molecule has 8 nitrogen and oxygen atoms in total. The number of esters is 1. The Morgan fingerprint density at radius 3 is 1.84 bits per heavy atom. The molecule has 1 fully saturated rings. The van der Waals surface area contributed by atoms with Crippen LogP contribution in [0, 0.1) is 0 Å². The first kappa shape index (κ1) is 24.0. The molecule has 1 saturated heterocycles. The Kier molecular flexibility index (Phi) is 9.17. The minimum absolute atomic E-state index is 0.261. The third-order valence-corrected chi connectivity index (χ3v) is 5.05. The Bertz CT molecular complexity index is 837. The van der Waals surface area contributed by atoms with E-state index in [-0.39, 0.29) is 5.97 Å². The molecule has 2 aromatic carbocycles. The van der Waals surface area contributed by atoms with Crippen LogP contribution in [-0.2, 0) is 32.1 Å². The van der Waals surface area contributed by atoms with E-state index in [1.165, 1.54) is 11.1 Å². The number of carboxylic acid groups (broad SMARTS) is 2. The van der Waals surface area contributed by atoms with Gasteiger partial charge in [0.25, 0.3) is 0 Å². The molecule has 0 amide bonds. The van der Waals surface area contributed by atoms with Crippen molar-refractivity contribution in [1.82, 2.24) is 4.90 Å². The summed E-state index contributed by atoms with van der Waals surface area (Å²) in [6.07, 6.45) is 2.01. The number of aliphatic carboxylic acids is 2. The van der Waals surface area contributed by atoms with Crippen molar-refractivity contribution in [3.8, 4) is 0 Å². The highest BCUT2D eigenvalue weighted by molar-refractivity contribution is 6.27. The predicted molar refractivity (Wildman–Crippen MR) is 114 cm³/mol. The summed E-state index contributed by atoms with van der Waals surface area (Å²) in [5.41, 5.74) is 7.95. The van der Waals surface area contributed by atoms with E-state index in [1.807, 2.05) is 36.4 Å². The van der Waals surface area contributed by atoms with Crippen LogP contribution in [0.15, 0.2) is 60.7 Å². The van der Waals surface area contributed by atoms with Crippen LogP contribution >= 0.6 is 0 Å². The Hall–Kier alpha value is -3.23. The summed E-state index contributed by atoms with van der Waals surface area (Å²) in [4.78, 5) is 33.0. The van der Waals surface area contributed by atoms with Gasteiger partial charge in [-0.2, -0.15) is 0 Å². The smallest absolute Gasteiger partial charge is 0.414 e. The van der Waals surface area contributed by atoms with E-state index in [4.69, 9.17) is 30.3 Å². The molecule has 0 spiro atoms. The van der Waals surface area contributed by atoms with Crippen LogP contribution in [0.25, 0.3) is 0 Å². The number of benzene rings is 2. The molecule has 2 aromatic rings. The summed E-state index contributed by atoms with van der Waals surface area (Å²) in [7, 11) is 0.